The van der Waals surface area contributed by atoms with E-state index in [2.05, 4.69) is 15.0 Å². The van der Waals surface area contributed by atoms with Crippen molar-refractivity contribution in [1.82, 2.24) is 19.7 Å². The van der Waals surface area contributed by atoms with Gasteiger partial charge in [-0.2, -0.15) is 5.10 Å². The number of rotatable bonds is 5. The van der Waals surface area contributed by atoms with Crippen LogP contribution in [0.1, 0.15) is 48.1 Å². The predicted octanol–water partition coefficient (Wildman–Crippen LogP) is 2.40. The summed E-state index contributed by atoms with van der Waals surface area (Å²) in [6.07, 6.45) is 4.00. The van der Waals surface area contributed by atoms with Gasteiger partial charge in [-0.05, 0) is 39.8 Å². The molecule has 3 heterocycles. The molecule has 3 rings (SSSR count). The molecule has 1 unspecified atom stereocenters. The van der Waals surface area contributed by atoms with Gasteiger partial charge in [-0.25, -0.2) is 0 Å². The summed E-state index contributed by atoms with van der Waals surface area (Å²) in [4.78, 5) is 32.9. The van der Waals surface area contributed by atoms with Crippen LogP contribution in [-0.2, 0) is 4.79 Å². The molecule has 1 aliphatic heterocycles. The number of amides is 1. The van der Waals surface area contributed by atoms with Gasteiger partial charge in [-0.1, -0.05) is 0 Å². The number of aryl methyl sites for hydroxylation is 1. The molecule has 27 heavy (non-hydrogen) atoms. The Labute approximate surface area is 160 Å². The van der Waals surface area contributed by atoms with E-state index in [1.165, 1.54) is 0 Å². The summed E-state index contributed by atoms with van der Waals surface area (Å²) in [6, 6.07) is 3.89. The van der Waals surface area contributed by atoms with Crippen LogP contribution in [0, 0.1) is 13.8 Å². The molecule has 0 aliphatic carbocycles. The summed E-state index contributed by atoms with van der Waals surface area (Å²) in [5.41, 5.74) is 3.32. The highest BCUT2D eigenvalue weighted by Gasteiger charge is 2.25. The van der Waals surface area contributed by atoms with Gasteiger partial charge >= 0.3 is 0 Å². The van der Waals surface area contributed by atoms with E-state index in [1.54, 1.807) is 13.1 Å². The number of Topliss-reactive ketones (excluding diaryl/α,β-unsaturated/α-hetero) is 1. The van der Waals surface area contributed by atoms with E-state index in [9.17, 15) is 9.59 Å². The third-order valence-corrected chi connectivity index (χ3v) is 5.21. The Morgan fingerprint density at radius 3 is 2.44 bits per heavy atom. The average Bonchev–Trinajstić information content (AvgIpc) is 2.97. The van der Waals surface area contributed by atoms with Crippen LogP contribution in [0.5, 0.6) is 0 Å². The Kier molecular flexibility index (Phi) is 5.58. The zero-order valence-electron chi connectivity index (χ0n) is 16.5. The molecular weight excluding hydrogens is 342 g/mol. The normalized spacial score (nSPS) is 15.7. The van der Waals surface area contributed by atoms with Crippen molar-refractivity contribution in [2.24, 2.45) is 0 Å². The molecule has 0 aromatic carbocycles. The first kappa shape index (κ1) is 19.1. The molecule has 2 aromatic heterocycles. The molecule has 144 valence electrons. The lowest BCUT2D eigenvalue weighted by molar-refractivity contribution is -0.132. The van der Waals surface area contributed by atoms with Crippen molar-refractivity contribution in [2.45, 2.75) is 40.2 Å². The van der Waals surface area contributed by atoms with E-state index >= 15 is 0 Å². The van der Waals surface area contributed by atoms with Crippen LogP contribution in [-0.4, -0.2) is 57.5 Å². The zero-order valence-corrected chi connectivity index (χ0v) is 16.5. The molecular formula is C20H27N5O2. The first-order chi connectivity index (χ1) is 12.9. The standard InChI is InChI=1S/C20H27N5O2/c1-14(25-16(3)20(17(4)26)15(2)22-25)12-19(27)24-10-8-23(9-11-24)18-6-5-7-21-13-18/h5-7,13-14H,8-12H2,1-4H3. The summed E-state index contributed by atoms with van der Waals surface area (Å²) >= 11 is 0. The second-order valence-corrected chi connectivity index (χ2v) is 7.18. The first-order valence-electron chi connectivity index (χ1n) is 9.38. The lowest BCUT2D eigenvalue weighted by atomic mass is 10.1. The number of anilines is 1. The smallest absolute Gasteiger partial charge is 0.224 e. The Bertz CT molecular complexity index is 822. The van der Waals surface area contributed by atoms with Crippen molar-refractivity contribution in [3.8, 4) is 0 Å². The number of carbonyl (C=O) groups is 2. The van der Waals surface area contributed by atoms with Gasteiger partial charge in [0.25, 0.3) is 0 Å². The summed E-state index contributed by atoms with van der Waals surface area (Å²) < 4.78 is 1.82. The van der Waals surface area contributed by atoms with E-state index < -0.39 is 0 Å². The maximum atomic E-state index is 12.7. The molecule has 7 heteroatoms. The van der Waals surface area contributed by atoms with Crippen molar-refractivity contribution >= 4 is 17.4 Å². The van der Waals surface area contributed by atoms with E-state index in [1.807, 2.05) is 48.7 Å². The molecule has 1 aliphatic rings. The Morgan fingerprint density at radius 2 is 1.89 bits per heavy atom. The van der Waals surface area contributed by atoms with E-state index in [0.29, 0.717) is 25.1 Å². The number of hydrogen-bond donors (Lipinski definition) is 0. The highest BCUT2D eigenvalue weighted by Crippen LogP contribution is 2.21. The minimum atomic E-state index is -0.0827. The van der Waals surface area contributed by atoms with Crippen molar-refractivity contribution in [1.29, 1.82) is 0 Å². The highest BCUT2D eigenvalue weighted by atomic mass is 16.2. The molecule has 1 saturated heterocycles. The summed E-state index contributed by atoms with van der Waals surface area (Å²) in [7, 11) is 0. The SMILES string of the molecule is CC(=O)c1c(C)nn(C(C)CC(=O)N2CCN(c3cccnc3)CC2)c1C. The van der Waals surface area contributed by atoms with Gasteiger partial charge in [0.2, 0.25) is 5.91 Å². The molecule has 0 spiro atoms. The Balaban J connectivity index is 1.60. The first-order valence-corrected chi connectivity index (χ1v) is 9.38. The van der Waals surface area contributed by atoms with Crippen molar-refractivity contribution in [3.05, 3.63) is 41.5 Å². The summed E-state index contributed by atoms with van der Waals surface area (Å²) in [5.74, 6) is 0.145. The van der Waals surface area contributed by atoms with Crippen LogP contribution in [0.4, 0.5) is 5.69 Å². The molecule has 7 nitrogen and oxygen atoms in total. The molecule has 0 saturated carbocycles. The zero-order chi connectivity index (χ0) is 19.6. The third-order valence-electron chi connectivity index (χ3n) is 5.21. The second-order valence-electron chi connectivity index (χ2n) is 7.18. The number of piperazine rings is 1. The number of aromatic nitrogens is 3. The molecule has 0 N–H and O–H groups in total. The maximum Gasteiger partial charge on any atom is 0.224 e. The molecule has 2 aromatic rings. The van der Waals surface area contributed by atoms with Crippen LogP contribution >= 0.6 is 0 Å². The lowest BCUT2D eigenvalue weighted by Crippen LogP contribution is -2.49. The number of pyridine rings is 1. The third kappa shape index (κ3) is 4.02. The average molecular weight is 369 g/mol. The second kappa shape index (κ2) is 7.90. The highest BCUT2D eigenvalue weighted by molar-refractivity contribution is 5.96. The van der Waals surface area contributed by atoms with Gasteiger partial charge in [0.05, 0.1) is 29.2 Å². The molecule has 0 bridgehead atoms. The van der Waals surface area contributed by atoms with Crippen LogP contribution in [0.25, 0.3) is 0 Å². The van der Waals surface area contributed by atoms with Crippen LogP contribution in [0.3, 0.4) is 0 Å². The van der Waals surface area contributed by atoms with Gasteiger partial charge < -0.3 is 9.80 Å². The fourth-order valence-corrected chi connectivity index (χ4v) is 3.82. The van der Waals surface area contributed by atoms with Gasteiger partial charge in [-0.3, -0.25) is 19.3 Å². The lowest BCUT2D eigenvalue weighted by Gasteiger charge is -2.36. The fraction of sp³-hybridized carbons (Fsp3) is 0.500. The fourth-order valence-electron chi connectivity index (χ4n) is 3.82. The Hall–Kier alpha value is -2.70. The number of hydrogen-bond acceptors (Lipinski definition) is 5. The minimum absolute atomic E-state index is 0.0151. The van der Waals surface area contributed by atoms with E-state index in [4.69, 9.17) is 0 Å². The largest absolute Gasteiger partial charge is 0.367 e. The van der Waals surface area contributed by atoms with Gasteiger partial charge in [0.1, 0.15) is 0 Å². The Morgan fingerprint density at radius 1 is 1.19 bits per heavy atom. The number of carbonyl (C=O) groups excluding carboxylic acids is 2. The topological polar surface area (TPSA) is 71.3 Å². The molecule has 0 radical (unpaired) electrons. The quantitative estimate of drug-likeness (QED) is 0.757. The van der Waals surface area contributed by atoms with Gasteiger partial charge in [0.15, 0.2) is 5.78 Å². The molecule has 1 atom stereocenters. The summed E-state index contributed by atoms with van der Waals surface area (Å²) in [6.45, 7) is 10.3. The number of ketones is 1. The number of nitrogens with zero attached hydrogens (tertiary/aromatic N) is 5. The molecule has 1 amide bonds. The van der Waals surface area contributed by atoms with E-state index in [-0.39, 0.29) is 17.7 Å². The minimum Gasteiger partial charge on any atom is -0.367 e. The van der Waals surface area contributed by atoms with Crippen LogP contribution < -0.4 is 4.90 Å². The monoisotopic (exact) mass is 369 g/mol. The van der Waals surface area contributed by atoms with Crippen LogP contribution in [0.15, 0.2) is 24.5 Å². The predicted molar refractivity (Wildman–Crippen MR) is 104 cm³/mol. The van der Waals surface area contributed by atoms with Crippen molar-refractivity contribution < 1.29 is 9.59 Å². The van der Waals surface area contributed by atoms with Crippen LogP contribution in [0.2, 0.25) is 0 Å². The van der Waals surface area contributed by atoms with E-state index in [0.717, 1.165) is 30.2 Å². The molecule has 1 fully saturated rings. The summed E-state index contributed by atoms with van der Waals surface area (Å²) in [5, 5.41) is 4.49. The van der Waals surface area contributed by atoms with Gasteiger partial charge in [0, 0.05) is 44.5 Å². The van der Waals surface area contributed by atoms with Crippen molar-refractivity contribution in [2.75, 3.05) is 31.1 Å². The van der Waals surface area contributed by atoms with Gasteiger partial charge in [-0.15, -0.1) is 0 Å². The maximum absolute atomic E-state index is 12.7. The van der Waals surface area contributed by atoms with Crippen molar-refractivity contribution in [3.63, 3.8) is 0 Å².